The van der Waals surface area contributed by atoms with Gasteiger partial charge in [0, 0.05) is 16.6 Å². The summed E-state index contributed by atoms with van der Waals surface area (Å²) in [5.74, 6) is 0.344. The minimum absolute atomic E-state index is 0.207. The molecule has 29 heavy (non-hydrogen) atoms. The van der Waals surface area contributed by atoms with Gasteiger partial charge in [0.15, 0.2) is 0 Å². The van der Waals surface area contributed by atoms with Crippen LogP contribution in [0.3, 0.4) is 0 Å². The lowest BCUT2D eigenvalue weighted by molar-refractivity contribution is 0.102. The van der Waals surface area contributed by atoms with Gasteiger partial charge in [0.25, 0.3) is 5.91 Å². The van der Waals surface area contributed by atoms with Gasteiger partial charge in [0.05, 0.1) is 33.5 Å². The van der Waals surface area contributed by atoms with Crippen molar-refractivity contribution in [3.05, 3.63) is 77.4 Å². The van der Waals surface area contributed by atoms with Crippen molar-refractivity contribution >= 4 is 56.8 Å². The number of nitrogens with one attached hydrogen (secondary N) is 4. The molecule has 4 N–H and O–H groups in total. The number of imidazole rings is 1. The summed E-state index contributed by atoms with van der Waals surface area (Å²) >= 11 is 6.18. The number of anilines is 3. The number of carbonyl (C=O) groups is 1. The number of aromatic nitrogens is 4. The van der Waals surface area contributed by atoms with Crippen LogP contribution in [-0.4, -0.2) is 26.1 Å². The number of hydrogen-bond donors (Lipinski definition) is 4. The zero-order chi connectivity index (χ0) is 19.8. The molecule has 0 atom stereocenters. The molecule has 0 saturated carbocycles. The monoisotopic (exact) mass is 402 g/mol. The Kier molecular flexibility index (Phi) is 4.14. The van der Waals surface area contributed by atoms with E-state index in [1.54, 1.807) is 30.5 Å². The number of aromatic amines is 2. The van der Waals surface area contributed by atoms with E-state index in [4.69, 9.17) is 11.6 Å². The first-order valence-corrected chi connectivity index (χ1v) is 9.29. The van der Waals surface area contributed by atoms with E-state index in [2.05, 4.69) is 30.8 Å². The molecule has 0 unspecified atom stereocenters. The predicted molar refractivity (Wildman–Crippen MR) is 115 cm³/mol. The van der Waals surface area contributed by atoms with Crippen molar-refractivity contribution in [2.45, 2.75) is 0 Å². The van der Waals surface area contributed by atoms with Gasteiger partial charge >= 0.3 is 0 Å². The third-order valence-corrected chi connectivity index (χ3v) is 4.90. The maximum Gasteiger partial charge on any atom is 0.255 e. The van der Waals surface area contributed by atoms with Gasteiger partial charge in [0.2, 0.25) is 5.95 Å². The van der Waals surface area contributed by atoms with Gasteiger partial charge in [-0.2, -0.15) is 5.10 Å². The molecule has 0 bridgehead atoms. The van der Waals surface area contributed by atoms with Gasteiger partial charge in [-0.1, -0.05) is 23.7 Å². The van der Waals surface area contributed by atoms with Crippen molar-refractivity contribution in [1.82, 2.24) is 20.2 Å². The number of nitrogens with zero attached hydrogens (tertiary/aromatic N) is 2. The number of para-hydroxylation sites is 1. The van der Waals surface area contributed by atoms with Crippen molar-refractivity contribution in [3.63, 3.8) is 0 Å². The molecule has 0 saturated heterocycles. The Morgan fingerprint density at radius 2 is 1.90 bits per heavy atom. The Morgan fingerprint density at radius 3 is 2.79 bits per heavy atom. The van der Waals surface area contributed by atoms with Gasteiger partial charge < -0.3 is 15.6 Å². The standard InChI is InChI=1S/C21H15ClN6O/c22-15-3-1-2-4-16(15)25-21-26-17-8-6-12(9-19(17)27-21)20(29)24-14-7-5-13-11-23-28-18(13)10-14/h1-11H,(H,23,28)(H,24,29)(H2,25,26,27). The third kappa shape index (κ3) is 3.39. The minimum Gasteiger partial charge on any atom is -0.324 e. The maximum absolute atomic E-state index is 12.7. The number of fused-ring (bicyclic) bond motifs is 2. The number of H-pyrrole nitrogens is 2. The second-order valence-corrected chi connectivity index (χ2v) is 6.96. The number of hydrogen-bond acceptors (Lipinski definition) is 4. The lowest BCUT2D eigenvalue weighted by atomic mass is 10.1. The number of amides is 1. The summed E-state index contributed by atoms with van der Waals surface area (Å²) in [5, 5.41) is 14.5. The zero-order valence-electron chi connectivity index (χ0n) is 15.0. The molecule has 2 heterocycles. The molecule has 0 radical (unpaired) electrons. The van der Waals surface area contributed by atoms with Gasteiger partial charge in [0.1, 0.15) is 0 Å². The molecule has 3 aromatic carbocycles. The molecule has 0 fully saturated rings. The number of rotatable bonds is 4. The van der Waals surface area contributed by atoms with Crippen molar-refractivity contribution < 1.29 is 4.79 Å². The second kappa shape index (κ2) is 6.96. The van der Waals surface area contributed by atoms with E-state index in [-0.39, 0.29) is 5.91 Å². The molecular weight excluding hydrogens is 388 g/mol. The largest absolute Gasteiger partial charge is 0.324 e. The summed E-state index contributed by atoms with van der Waals surface area (Å²) in [7, 11) is 0. The molecular formula is C21H15ClN6O. The van der Waals surface area contributed by atoms with Crippen LogP contribution in [0.15, 0.2) is 66.9 Å². The quantitative estimate of drug-likeness (QED) is 0.336. The molecule has 1 amide bonds. The average molecular weight is 403 g/mol. The molecule has 2 aromatic heterocycles. The van der Waals surface area contributed by atoms with E-state index in [0.29, 0.717) is 22.2 Å². The Hall–Kier alpha value is -3.84. The van der Waals surface area contributed by atoms with Crippen molar-refractivity contribution in [2.75, 3.05) is 10.6 Å². The molecule has 8 heteroatoms. The fraction of sp³-hybridized carbons (Fsp3) is 0. The van der Waals surface area contributed by atoms with Gasteiger partial charge in [-0.15, -0.1) is 0 Å². The molecule has 5 aromatic rings. The summed E-state index contributed by atoms with van der Waals surface area (Å²) in [6, 6.07) is 18.3. The highest BCUT2D eigenvalue weighted by Crippen LogP contribution is 2.25. The predicted octanol–water partition coefficient (Wildman–Crippen LogP) is 5.09. The van der Waals surface area contributed by atoms with Crippen LogP contribution in [0.1, 0.15) is 10.4 Å². The van der Waals surface area contributed by atoms with Crippen molar-refractivity contribution in [3.8, 4) is 0 Å². The van der Waals surface area contributed by atoms with Crippen LogP contribution >= 0.6 is 11.6 Å². The molecule has 0 aliphatic heterocycles. The summed E-state index contributed by atoms with van der Waals surface area (Å²) in [6.45, 7) is 0. The Labute approximate surface area is 170 Å². The van der Waals surface area contributed by atoms with Crippen LogP contribution in [0, 0.1) is 0 Å². The van der Waals surface area contributed by atoms with Crippen LogP contribution < -0.4 is 10.6 Å². The van der Waals surface area contributed by atoms with E-state index in [0.717, 1.165) is 27.6 Å². The lowest BCUT2D eigenvalue weighted by Crippen LogP contribution is -2.11. The zero-order valence-corrected chi connectivity index (χ0v) is 15.8. The van der Waals surface area contributed by atoms with Crippen LogP contribution in [0.2, 0.25) is 5.02 Å². The first-order valence-electron chi connectivity index (χ1n) is 8.91. The van der Waals surface area contributed by atoms with Gasteiger partial charge in [-0.3, -0.25) is 9.89 Å². The molecule has 0 spiro atoms. The highest BCUT2D eigenvalue weighted by Gasteiger charge is 2.11. The van der Waals surface area contributed by atoms with E-state index in [1.165, 1.54) is 0 Å². The van der Waals surface area contributed by atoms with Crippen LogP contribution in [0.5, 0.6) is 0 Å². The first-order chi connectivity index (χ1) is 14.2. The third-order valence-electron chi connectivity index (χ3n) is 4.57. The first kappa shape index (κ1) is 17.3. The summed E-state index contributed by atoms with van der Waals surface area (Å²) in [4.78, 5) is 20.3. The maximum atomic E-state index is 12.7. The van der Waals surface area contributed by atoms with E-state index in [1.807, 2.05) is 36.4 Å². The molecule has 5 rings (SSSR count). The smallest absolute Gasteiger partial charge is 0.255 e. The van der Waals surface area contributed by atoms with Crippen LogP contribution in [-0.2, 0) is 0 Å². The summed E-state index contributed by atoms with van der Waals surface area (Å²) < 4.78 is 0. The normalized spacial score (nSPS) is 11.1. The van der Waals surface area contributed by atoms with E-state index in [9.17, 15) is 4.79 Å². The fourth-order valence-corrected chi connectivity index (χ4v) is 3.30. The Bertz CT molecular complexity index is 1360. The summed E-state index contributed by atoms with van der Waals surface area (Å²) in [6.07, 6.45) is 1.74. The van der Waals surface area contributed by atoms with Gasteiger partial charge in [-0.05, 0) is 48.5 Å². The van der Waals surface area contributed by atoms with Crippen LogP contribution in [0.4, 0.5) is 17.3 Å². The fourth-order valence-electron chi connectivity index (χ4n) is 3.12. The number of carbonyl (C=O) groups excluding carboxylic acids is 1. The average Bonchev–Trinajstić information content (AvgIpc) is 3.34. The molecule has 7 nitrogen and oxygen atoms in total. The Morgan fingerprint density at radius 1 is 1.00 bits per heavy atom. The molecule has 0 aliphatic rings. The lowest BCUT2D eigenvalue weighted by Gasteiger charge is -2.05. The Balaban J connectivity index is 1.38. The van der Waals surface area contributed by atoms with Crippen LogP contribution in [0.25, 0.3) is 21.9 Å². The minimum atomic E-state index is -0.207. The second-order valence-electron chi connectivity index (χ2n) is 6.55. The molecule has 0 aliphatic carbocycles. The van der Waals surface area contributed by atoms with E-state index >= 15 is 0 Å². The summed E-state index contributed by atoms with van der Waals surface area (Å²) in [5.41, 5.74) is 4.32. The topological polar surface area (TPSA) is 98.5 Å². The van der Waals surface area contributed by atoms with Gasteiger partial charge in [-0.25, -0.2) is 4.98 Å². The SMILES string of the molecule is O=C(Nc1ccc2cn[nH]c2c1)c1ccc2nc(Nc3ccccc3Cl)[nH]c2c1. The van der Waals surface area contributed by atoms with Crippen molar-refractivity contribution in [2.24, 2.45) is 0 Å². The number of benzene rings is 3. The van der Waals surface area contributed by atoms with Crippen molar-refractivity contribution in [1.29, 1.82) is 0 Å². The number of halogens is 1. The van der Waals surface area contributed by atoms with E-state index < -0.39 is 0 Å². The highest BCUT2D eigenvalue weighted by molar-refractivity contribution is 6.33. The highest BCUT2D eigenvalue weighted by atomic mass is 35.5. The molecule has 142 valence electrons.